The van der Waals surface area contributed by atoms with E-state index in [9.17, 15) is 0 Å². The lowest BCUT2D eigenvalue weighted by molar-refractivity contribution is 0.767. The van der Waals surface area contributed by atoms with Crippen LogP contribution >= 0.6 is 0 Å². The first kappa shape index (κ1) is 19.6. The molecule has 0 nitrogen and oxygen atoms in total. The predicted octanol–water partition coefficient (Wildman–Crippen LogP) is 8.09. The lowest BCUT2D eigenvalue weighted by atomic mass is 9.67. The van der Waals surface area contributed by atoms with Gasteiger partial charge in [-0.15, -0.1) is 0 Å². The summed E-state index contributed by atoms with van der Waals surface area (Å²) in [6.07, 6.45) is 2.17. The van der Waals surface area contributed by atoms with E-state index in [1.807, 2.05) is 0 Å². The number of fused-ring (bicyclic) bond motifs is 3. The zero-order valence-electron chi connectivity index (χ0n) is 18.7. The minimum Gasteiger partial charge on any atom is -0.0841 e. The molecule has 31 heavy (non-hydrogen) atoms. The van der Waals surface area contributed by atoms with Gasteiger partial charge in [0.2, 0.25) is 0 Å². The fourth-order valence-electron chi connectivity index (χ4n) is 5.14. The summed E-state index contributed by atoms with van der Waals surface area (Å²) in [5, 5.41) is 0. The molecule has 1 atom stereocenters. The summed E-state index contributed by atoms with van der Waals surface area (Å²) in [6.45, 7) is 8.62. The Morgan fingerprint density at radius 3 is 1.90 bits per heavy atom. The molecule has 1 aliphatic rings. The number of aryl methyl sites for hydroxylation is 2. The van der Waals surface area contributed by atoms with Crippen molar-refractivity contribution in [2.75, 3.05) is 0 Å². The molecule has 1 unspecified atom stereocenters. The fourth-order valence-corrected chi connectivity index (χ4v) is 5.14. The summed E-state index contributed by atoms with van der Waals surface area (Å²) >= 11 is 0. The normalized spacial score (nSPS) is 17.4. The van der Waals surface area contributed by atoms with Crippen molar-refractivity contribution in [1.29, 1.82) is 0 Å². The van der Waals surface area contributed by atoms with Crippen LogP contribution in [0, 0.1) is 13.8 Å². The van der Waals surface area contributed by atoms with Crippen molar-refractivity contribution in [3.63, 3.8) is 0 Å². The number of hydrogen-bond donors (Lipinski definition) is 0. The Balaban J connectivity index is 1.88. The van der Waals surface area contributed by atoms with Gasteiger partial charge in [0.05, 0.1) is 5.41 Å². The summed E-state index contributed by atoms with van der Waals surface area (Å²) < 4.78 is 0. The van der Waals surface area contributed by atoms with Crippen LogP contribution in [-0.2, 0) is 5.41 Å². The van der Waals surface area contributed by atoms with Crippen molar-refractivity contribution < 1.29 is 0 Å². The van der Waals surface area contributed by atoms with E-state index in [0.29, 0.717) is 0 Å². The quantitative estimate of drug-likeness (QED) is 0.287. The molecule has 5 rings (SSSR count). The van der Waals surface area contributed by atoms with Crippen molar-refractivity contribution in [2.45, 2.75) is 33.1 Å². The molecule has 4 aromatic rings. The minimum atomic E-state index is -0.310. The van der Waals surface area contributed by atoms with Crippen LogP contribution in [0.15, 0.2) is 97.1 Å². The van der Waals surface area contributed by atoms with E-state index in [0.717, 1.165) is 0 Å². The monoisotopic (exact) mass is 400 g/mol. The van der Waals surface area contributed by atoms with E-state index in [1.165, 1.54) is 55.6 Å². The Hall–Kier alpha value is -3.38. The van der Waals surface area contributed by atoms with Gasteiger partial charge in [-0.2, -0.15) is 0 Å². The smallest absolute Gasteiger partial charge is 0.0713 e. The van der Waals surface area contributed by atoms with Gasteiger partial charge in [-0.1, -0.05) is 108 Å². The lowest BCUT2D eigenvalue weighted by Crippen LogP contribution is -2.28. The second kappa shape index (κ2) is 7.39. The molecule has 0 fully saturated rings. The zero-order chi connectivity index (χ0) is 21.6. The molecule has 0 amide bonds. The van der Waals surface area contributed by atoms with Crippen LogP contribution < -0.4 is 0 Å². The average Bonchev–Trinajstić information content (AvgIpc) is 3.10. The van der Waals surface area contributed by atoms with Crippen LogP contribution in [-0.4, -0.2) is 0 Å². The van der Waals surface area contributed by atoms with Gasteiger partial charge in [-0.05, 0) is 72.2 Å². The molecule has 0 heteroatoms. The average molecular weight is 401 g/mol. The van der Waals surface area contributed by atoms with Crippen LogP contribution in [0.4, 0.5) is 0 Å². The summed E-state index contributed by atoms with van der Waals surface area (Å²) in [4.78, 5) is 0. The van der Waals surface area contributed by atoms with Crippen molar-refractivity contribution in [2.24, 2.45) is 0 Å². The van der Waals surface area contributed by atoms with Crippen LogP contribution in [0.25, 0.3) is 16.7 Å². The third-order valence-electron chi connectivity index (χ3n) is 6.89. The van der Waals surface area contributed by atoms with Gasteiger partial charge in [0.15, 0.2) is 0 Å². The van der Waals surface area contributed by atoms with E-state index in [2.05, 4.69) is 125 Å². The van der Waals surface area contributed by atoms with Gasteiger partial charge < -0.3 is 0 Å². The van der Waals surface area contributed by atoms with Crippen molar-refractivity contribution in [3.05, 3.63) is 136 Å². The maximum Gasteiger partial charge on any atom is 0.0713 e. The number of rotatable bonds is 3. The van der Waals surface area contributed by atoms with Gasteiger partial charge in [-0.3, -0.25) is 0 Å². The third kappa shape index (κ3) is 2.90. The third-order valence-corrected chi connectivity index (χ3v) is 6.89. The second-order valence-electron chi connectivity index (χ2n) is 8.76. The van der Waals surface area contributed by atoms with Gasteiger partial charge in [-0.25, -0.2) is 0 Å². The molecule has 4 aromatic carbocycles. The zero-order valence-corrected chi connectivity index (χ0v) is 18.7. The molecule has 0 heterocycles. The Kier molecular flexibility index (Phi) is 4.67. The molecule has 1 aliphatic carbocycles. The lowest BCUT2D eigenvalue weighted by Gasteiger charge is -2.34. The maximum absolute atomic E-state index is 2.35. The Labute approximate surface area is 185 Å². The number of allylic oxidation sites excluding steroid dienone is 2. The molecular weight excluding hydrogens is 372 g/mol. The Bertz CT molecular complexity index is 1290. The fraction of sp³-hybridized carbons (Fsp3) is 0.161. The molecular formula is C31H28. The SMILES string of the molecule is CC=C(C)c1ccc(C2(c3ccc(C)cc3)c3ccccc3-c3cc(C)ccc32)cc1. The summed E-state index contributed by atoms with van der Waals surface area (Å²) in [6, 6.07) is 34.2. The van der Waals surface area contributed by atoms with Crippen LogP contribution in [0.3, 0.4) is 0 Å². The predicted molar refractivity (Wildman–Crippen MR) is 133 cm³/mol. The van der Waals surface area contributed by atoms with Crippen LogP contribution in [0.1, 0.15) is 52.8 Å². The molecule has 0 radical (unpaired) electrons. The molecule has 0 saturated heterocycles. The molecule has 0 aliphatic heterocycles. The van der Waals surface area contributed by atoms with Gasteiger partial charge >= 0.3 is 0 Å². The van der Waals surface area contributed by atoms with Gasteiger partial charge in [0.1, 0.15) is 0 Å². The first-order valence-electron chi connectivity index (χ1n) is 11.1. The topological polar surface area (TPSA) is 0 Å². The Morgan fingerprint density at radius 2 is 1.23 bits per heavy atom. The van der Waals surface area contributed by atoms with E-state index in [-0.39, 0.29) is 5.41 Å². The summed E-state index contributed by atoms with van der Waals surface area (Å²) in [5.74, 6) is 0. The summed E-state index contributed by atoms with van der Waals surface area (Å²) in [7, 11) is 0. The first-order chi connectivity index (χ1) is 15.1. The van der Waals surface area contributed by atoms with Crippen molar-refractivity contribution >= 4 is 5.57 Å². The van der Waals surface area contributed by atoms with Crippen LogP contribution in [0.5, 0.6) is 0 Å². The van der Waals surface area contributed by atoms with E-state index >= 15 is 0 Å². The Morgan fingerprint density at radius 1 is 0.645 bits per heavy atom. The van der Waals surface area contributed by atoms with E-state index in [4.69, 9.17) is 0 Å². The molecule has 0 bridgehead atoms. The first-order valence-corrected chi connectivity index (χ1v) is 11.1. The molecule has 0 aromatic heterocycles. The molecule has 0 N–H and O–H groups in total. The van der Waals surface area contributed by atoms with E-state index < -0.39 is 0 Å². The number of hydrogen-bond acceptors (Lipinski definition) is 0. The number of benzene rings is 4. The van der Waals surface area contributed by atoms with Crippen molar-refractivity contribution in [3.8, 4) is 11.1 Å². The van der Waals surface area contributed by atoms with Gasteiger partial charge in [0.25, 0.3) is 0 Å². The molecule has 152 valence electrons. The highest BCUT2D eigenvalue weighted by Crippen LogP contribution is 2.56. The molecule has 0 saturated carbocycles. The largest absolute Gasteiger partial charge is 0.0841 e. The minimum absolute atomic E-state index is 0.310. The van der Waals surface area contributed by atoms with Gasteiger partial charge in [0, 0.05) is 0 Å². The highest BCUT2D eigenvalue weighted by Gasteiger charge is 2.45. The highest BCUT2D eigenvalue weighted by atomic mass is 14.5. The second-order valence-corrected chi connectivity index (χ2v) is 8.76. The molecule has 0 spiro atoms. The maximum atomic E-state index is 2.35. The van der Waals surface area contributed by atoms with E-state index in [1.54, 1.807) is 0 Å². The standard InChI is InChI=1S/C31H28/c1-5-23(4)24-13-17-26(18-14-24)31(25-15-10-21(2)11-16-25)29-9-7-6-8-27(29)28-20-22(3)12-19-30(28)31/h5-20H,1-4H3. The van der Waals surface area contributed by atoms with Crippen molar-refractivity contribution in [1.82, 2.24) is 0 Å². The summed E-state index contributed by atoms with van der Waals surface area (Å²) in [5.41, 5.74) is 12.9. The van der Waals surface area contributed by atoms with Crippen LogP contribution in [0.2, 0.25) is 0 Å². The highest BCUT2D eigenvalue weighted by molar-refractivity contribution is 5.86.